The van der Waals surface area contributed by atoms with Crippen LogP contribution in [0.3, 0.4) is 0 Å². The second-order valence-electron chi connectivity index (χ2n) is 4.90. The molecule has 0 radical (unpaired) electrons. The van der Waals surface area contributed by atoms with Crippen LogP contribution in [0.15, 0.2) is 65.4 Å². The lowest BCUT2D eigenvalue weighted by atomic mass is 10.1. The minimum atomic E-state index is 0.775. The highest BCUT2D eigenvalue weighted by molar-refractivity contribution is 9.10. The van der Waals surface area contributed by atoms with E-state index in [0.29, 0.717) is 0 Å². The number of nitrogens with one attached hydrogen (secondary N) is 1. The van der Waals surface area contributed by atoms with Crippen LogP contribution in [0, 0.1) is 6.92 Å². The summed E-state index contributed by atoms with van der Waals surface area (Å²) in [6, 6.07) is 16.5. The first-order chi connectivity index (χ1) is 10.2. The second-order valence-corrected chi connectivity index (χ2v) is 5.76. The zero-order valence-corrected chi connectivity index (χ0v) is 13.3. The number of aromatic nitrogens is 2. The van der Waals surface area contributed by atoms with Gasteiger partial charge in [0.15, 0.2) is 0 Å². The molecule has 4 heteroatoms. The van der Waals surface area contributed by atoms with E-state index in [1.807, 2.05) is 29.1 Å². The molecule has 1 aromatic heterocycles. The average Bonchev–Trinajstić information content (AvgIpc) is 3.03. The van der Waals surface area contributed by atoms with Crippen LogP contribution in [0.1, 0.15) is 11.1 Å². The molecule has 0 bridgehead atoms. The fourth-order valence-electron chi connectivity index (χ4n) is 2.18. The highest BCUT2D eigenvalue weighted by Gasteiger charge is 2.04. The lowest BCUT2D eigenvalue weighted by Gasteiger charge is -2.12. The molecule has 2 aromatic carbocycles. The fraction of sp³-hybridized carbons (Fsp3) is 0.118. The van der Waals surface area contributed by atoms with Gasteiger partial charge in [-0.15, -0.1) is 0 Å². The third kappa shape index (κ3) is 3.16. The van der Waals surface area contributed by atoms with Crippen LogP contribution in [0.5, 0.6) is 0 Å². The van der Waals surface area contributed by atoms with Crippen LogP contribution in [0.4, 0.5) is 5.69 Å². The monoisotopic (exact) mass is 341 g/mol. The van der Waals surface area contributed by atoms with Gasteiger partial charge in [-0.3, -0.25) is 0 Å². The topological polar surface area (TPSA) is 29.9 Å². The Balaban J connectivity index is 1.81. The third-order valence-electron chi connectivity index (χ3n) is 3.37. The Morgan fingerprint density at radius 2 is 2.00 bits per heavy atom. The van der Waals surface area contributed by atoms with E-state index in [4.69, 9.17) is 0 Å². The minimum Gasteiger partial charge on any atom is -0.379 e. The van der Waals surface area contributed by atoms with Crippen molar-refractivity contribution in [3.63, 3.8) is 0 Å². The molecule has 0 fully saturated rings. The van der Waals surface area contributed by atoms with Gasteiger partial charge in [-0.25, -0.2) is 4.68 Å². The summed E-state index contributed by atoms with van der Waals surface area (Å²) in [5.41, 5.74) is 4.60. The molecule has 106 valence electrons. The first-order valence-electron chi connectivity index (χ1n) is 6.82. The maximum absolute atomic E-state index is 4.30. The molecule has 0 unspecified atom stereocenters. The maximum atomic E-state index is 4.30. The van der Waals surface area contributed by atoms with Gasteiger partial charge in [-0.05, 0) is 42.3 Å². The molecule has 3 nitrogen and oxygen atoms in total. The smallest absolute Gasteiger partial charge is 0.0876 e. The highest BCUT2D eigenvalue weighted by atomic mass is 79.9. The molecule has 0 aliphatic carbocycles. The molecule has 0 aliphatic rings. The summed E-state index contributed by atoms with van der Waals surface area (Å²) in [5.74, 6) is 0. The van der Waals surface area contributed by atoms with Crippen LogP contribution in [0.2, 0.25) is 0 Å². The first kappa shape index (κ1) is 13.9. The molecule has 3 rings (SSSR count). The number of benzene rings is 2. The number of aryl methyl sites for hydroxylation is 1. The largest absolute Gasteiger partial charge is 0.379 e. The van der Waals surface area contributed by atoms with Gasteiger partial charge in [-0.1, -0.05) is 40.2 Å². The molecule has 0 spiro atoms. The van der Waals surface area contributed by atoms with Crippen LogP contribution < -0.4 is 5.32 Å². The first-order valence-corrected chi connectivity index (χ1v) is 7.61. The molecule has 1 heterocycles. The number of hydrogen-bond donors (Lipinski definition) is 1. The quantitative estimate of drug-likeness (QED) is 0.754. The van der Waals surface area contributed by atoms with Gasteiger partial charge >= 0.3 is 0 Å². The van der Waals surface area contributed by atoms with Gasteiger partial charge in [0.25, 0.3) is 0 Å². The van der Waals surface area contributed by atoms with E-state index < -0.39 is 0 Å². The number of nitrogens with zero attached hydrogens (tertiary/aromatic N) is 2. The van der Waals surface area contributed by atoms with Gasteiger partial charge in [-0.2, -0.15) is 5.10 Å². The van der Waals surface area contributed by atoms with Gasteiger partial charge in [0, 0.05) is 23.4 Å². The van der Waals surface area contributed by atoms with Crippen molar-refractivity contribution < 1.29 is 0 Å². The number of hydrogen-bond acceptors (Lipinski definition) is 2. The Bertz CT molecular complexity index is 736. The van der Waals surface area contributed by atoms with Crippen molar-refractivity contribution >= 4 is 21.6 Å². The number of halogens is 1. The number of rotatable bonds is 4. The summed E-state index contributed by atoms with van der Waals surface area (Å²) < 4.78 is 3.01. The summed E-state index contributed by atoms with van der Waals surface area (Å²) in [6.07, 6.45) is 3.73. The minimum absolute atomic E-state index is 0.775. The van der Waals surface area contributed by atoms with Crippen LogP contribution in [-0.2, 0) is 6.54 Å². The molecule has 21 heavy (non-hydrogen) atoms. The molecule has 0 amide bonds. The van der Waals surface area contributed by atoms with Gasteiger partial charge in [0.2, 0.25) is 0 Å². The van der Waals surface area contributed by atoms with Gasteiger partial charge in [0.05, 0.1) is 11.4 Å². The van der Waals surface area contributed by atoms with Crippen molar-refractivity contribution in [1.29, 1.82) is 0 Å². The van der Waals surface area contributed by atoms with Gasteiger partial charge < -0.3 is 5.32 Å². The van der Waals surface area contributed by atoms with E-state index in [0.717, 1.165) is 22.4 Å². The van der Waals surface area contributed by atoms with Crippen molar-refractivity contribution in [2.45, 2.75) is 13.5 Å². The molecule has 0 saturated carbocycles. The molecule has 0 saturated heterocycles. The molecule has 0 atom stereocenters. The Morgan fingerprint density at radius 1 is 1.14 bits per heavy atom. The molecule has 1 N–H and O–H groups in total. The van der Waals surface area contributed by atoms with E-state index in [2.05, 4.69) is 63.6 Å². The van der Waals surface area contributed by atoms with Crippen LogP contribution >= 0.6 is 15.9 Å². The number of para-hydroxylation sites is 2. The molecule has 3 aromatic rings. The lowest BCUT2D eigenvalue weighted by molar-refractivity contribution is 0.879. The Hall–Kier alpha value is -2.07. The standard InChI is InChI=1S/C17H16BrN3/c1-13-7-8-14(11-15(13)18)12-19-16-5-2-3-6-17(16)21-10-4-9-20-21/h2-11,19H,12H2,1H3. The maximum Gasteiger partial charge on any atom is 0.0876 e. The van der Waals surface area contributed by atoms with E-state index in [1.54, 1.807) is 6.20 Å². The normalized spacial score (nSPS) is 10.6. The Kier molecular flexibility index (Phi) is 4.06. The second kappa shape index (κ2) is 6.14. The van der Waals surface area contributed by atoms with Crippen molar-refractivity contribution in [1.82, 2.24) is 9.78 Å². The molecule has 0 aliphatic heterocycles. The van der Waals surface area contributed by atoms with Gasteiger partial charge in [0.1, 0.15) is 0 Å². The molecular weight excluding hydrogens is 326 g/mol. The average molecular weight is 342 g/mol. The summed E-state index contributed by atoms with van der Waals surface area (Å²) in [7, 11) is 0. The predicted octanol–water partition coefficient (Wildman–Crippen LogP) is 4.56. The summed E-state index contributed by atoms with van der Waals surface area (Å²) in [6.45, 7) is 2.87. The summed E-state index contributed by atoms with van der Waals surface area (Å²) in [4.78, 5) is 0. The van der Waals surface area contributed by atoms with E-state index in [9.17, 15) is 0 Å². The highest BCUT2D eigenvalue weighted by Crippen LogP contribution is 2.21. The summed E-state index contributed by atoms with van der Waals surface area (Å²) >= 11 is 3.58. The van der Waals surface area contributed by atoms with Crippen molar-refractivity contribution in [2.75, 3.05) is 5.32 Å². The Labute approximate surface area is 132 Å². The van der Waals surface area contributed by atoms with Crippen molar-refractivity contribution in [3.8, 4) is 5.69 Å². The van der Waals surface area contributed by atoms with Crippen molar-refractivity contribution in [2.24, 2.45) is 0 Å². The number of anilines is 1. The van der Waals surface area contributed by atoms with Crippen LogP contribution in [-0.4, -0.2) is 9.78 Å². The Morgan fingerprint density at radius 3 is 2.76 bits per heavy atom. The van der Waals surface area contributed by atoms with Crippen LogP contribution in [0.25, 0.3) is 5.69 Å². The van der Waals surface area contributed by atoms with Crippen molar-refractivity contribution in [3.05, 3.63) is 76.5 Å². The fourth-order valence-corrected chi connectivity index (χ4v) is 2.60. The summed E-state index contributed by atoms with van der Waals surface area (Å²) in [5, 5.41) is 7.78. The lowest BCUT2D eigenvalue weighted by Crippen LogP contribution is -2.04. The predicted molar refractivity (Wildman–Crippen MR) is 89.8 cm³/mol. The zero-order valence-electron chi connectivity index (χ0n) is 11.8. The van der Waals surface area contributed by atoms with E-state index in [-0.39, 0.29) is 0 Å². The van der Waals surface area contributed by atoms with E-state index in [1.165, 1.54) is 11.1 Å². The van der Waals surface area contributed by atoms with E-state index >= 15 is 0 Å². The molecular formula is C17H16BrN3. The third-order valence-corrected chi connectivity index (χ3v) is 4.23. The zero-order chi connectivity index (χ0) is 14.7. The SMILES string of the molecule is Cc1ccc(CNc2ccccc2-n2cccn2)cc1Br.